The molecule has 0 aromatic heterocycles. The Labute approximate surface area is 186 Å². The molecule has 1 amide bonds. The number of rotatable bonds is 8. The van der Waals surface area contributed by atoms with Gasteiger partial charge in [0.25, 0.3) is 11.7 Å². The molecule has 1 fully saturated rings. The third-order valence-electron chi connectivity index (χ3n) is 5.39. The molecule has 2 aromatic carbocycles. The van der Waals surface area contributed by atoms with Gasteiger partial charge in [-0.2, -0.15) is 0 Å². The van der Waals surface area contributed by atoms with E-state index in [-0.39, 0.29) is 11.3 Å². The van der Waals surface area contributed by atoms with Crippen LogP contribution in [-0.2, 0) is 9.59 Å². The number of nitrogens with zero attached hydrogens (tertiary/aromatic N) is 2. The number of methoxy groups -OCH3 is 2. The van der Waals surface area contributed by atoms with Crippen molar-refractivity contribution in [2.24, 2.45) is 0 Å². The largest absolute Gasteiger partial charge is 0.507 e. The highest BCUT2D eigenvalue weighted by Gasteiger charge is 2.45. The molecular weight excluding hydrogens is 415 g/mol. The minimum absolute atomic E-state index is 0.0429. The zero-order valence-corrected chi connectivity index (χ0v) is 18.6. The van der Waals surface area contributed by atoms with Crippen LogP contribution in [0, 0.1) is 5.82 Å². The van der Waals surface area contributed by atoms with Gasteiger partial charge in [-0.3, -0.25) is 9.59 Å². The maximum Gasteiger partial charge on any atom is 0.295 e. The molecule has 0 aliphatic carbocycles. The average molecular weight is 442 g/mol. The normalized spacial score (nSPS) is 17.8. The molecule has 0 saturated carbocycles. The lowest BCUT2D eigenvalue weighted by Crippen LogP contribution is -2.32. The lowest BCUT2D eigenvalue weighted by atomic mass is 9.95. The molecule has 1 saturated heterocycles. The topological polar surface area (TPSA) is 79.3 Å². The molecule has 0 radical (unpaired) electrons. The first-order chi connectivity index (χ1) is 15.3. The van der Waals surface area contributed by atoms with Crippen LogP contribution in [0.3, 0.4) is 0 Å². The highest BCUT2D eigenvalue weighted by atomic mass is 19.1. The molecule has 170 valence electrons. The Kier molecular flexibility index (Phi) is 7.15. The van der Waals surface area contributed by atoms with Gasteiger partial charge in [0.2, 0.25) is 0 Å². The van der Waals surface area contributed by atoms with Gasteiger partial charge in [-0.25, -0.2) is 4.39 Å². The number of halogens is 1. The summed E-state index contributed by atoms with van der Waals surface area (Å²) in [7, 11) is 6.79. The van der Waals surface area contributed by atoms with Crippen LogP contribution in [0.4, 0.5) is 4.39 Å². The number of ether oxygens (including phenoxy) is 2. The maximum absolute atomic E-state index is 13.6. The standard InChI is InChI=1S/C24H27FN2O5/c1-26(2)12-5-13-27-21(15-6-9-17(25)10-7-15)20(23(29)24(27)30)22(28)16-8-11-18(31-3)19(14-16)32-4/h6-11,14,21,28H,5,12-13H2,1-4H3/t21-/m0/s1. The SMILES string of the molecule is COc1ccc(C(O)=C2C(=O)C(=O)N(CCCN(C)C)[C@H]2c2ccc(F)cc2)cc1OC. The predicted molar refractivity (Wildman–Crippen MR) is 118 cm³/mol. The number of likely N-dealkylation sites (tertiary alicyclic amines) is 1. The number of Topliss-reactive ketones (excluding diaryl/α,β-unsaturated/α-hetero) is 1. The van der Waals surface area contributed by atoms with Crippen molar-refractivity contribution in [1.82, 2.24) is 9.80 Å². The summed E-state index contributed by atoms with van der Waals surface area (Å²) >= 11 is 0. The van der Waals surface area contributed by atoms with E-state index >= 15 is 0 Å². The lowest BCUT2D eigenvalue weighted by Gasteiger charge is -2.26. The van der Waals surface area contributed by atoms with Crippen LogP contribution in [0.2, 0.25) is 0 Å². The Morgan fingerprint density at radius 1 is 1.06 bits per heavy atom. The van der Waals surface area contributed by atoms with Crippen molar-refractivity contribution >= 4 is 17.4 Å². The number of carbonyl (C=O) groups is 2. The smallest absolute Gasteiger partial charge is 0.295 e. The fourth-order valence-electron chi connectivity index (χ4n) is 3.80. The molecule has 1 aliphatic heterocycles. The molecule has 8 heteroatoms. The molecule has 0 bridgehead atoms. The summed E-state index contributed by atoms with van der Waals surface area (Å²) in [5.41, 5.74) is 0.803. The van der Waals surface area contributed by atoms with Crippen molar-refractivity contribution in [2.45, 2.75) is 12.5 Å². The Balaban J connectivity index is 2.11. The lowest BCUT2D eigenvalue weighted by molar-refractivity contribution is -0.139. The number of carbonyl (C=O) groups excluding carboxylic acids is 2. The number of hydrogen-bond donors (Lipinski definition) is 1. The quantitative estimate of drug-likeness (QED) is 0.384. The molecule has 0 spiro atoms. The minimum Gasteiger partial charge on any atom is -0.507 e. The Bertz CT molecular complexity index is 1030. The van der Waals surface area contributed by atoms with E-state index in [1.54, 1.807) is 12.1 Å². The van der Waals surface area contributed by atoms with Crippen molar-refractivity contribution < 1.29 is 28.6 Å². The van der Waals surface area contributed by atoms with E-state index < -0.39 is 23.5 Å². The van der Waals surface area contributed by atoms with Crippen molar-refractivity contribution in [3.63, 3.8) is 0 Å². The molecule has 1 atom stereocenters. The second-order valence-electron chi connectivity index (χ2n) is 7.77. The molecular formula is C24H27FN2O5. The van der Waals surface area contributed by atoms with E-state index in [1.165, 1.54) is 49.5 Å². The van der Waals surface area contributed by atoms with Crippen LogP contribution in [0.15, 0.2) is 48.0 Å². The zero-order valence-electron chi connectivity index (χ0n) is 18.6. The van der Waals surface area contributed by atoms with E-state index in [2.05, 4.69) is 0 Å². The first kappa shape index (κ1) is 23.3. The summed E-state index contributed by atoms with van der Waals surface area (Å²) in [6.45, 7) is 1.03. The van der Waals surface area contributed by atoms with E-state index in [0.29, 0.717) is 35.6 Å². The van der Waals surface area contributed by atoms with Gasteiger partial charge < -0.3 is 24.4 Å². The fourth-order valence-corrected chi connectivity index (χ4v) is 3.80. The number of benzene rings is 2. The van der Waals surface area contributed by atoms with Crippen molar-refractivity contribution in [2.75, 3.05) is 41.4 Å². The maximum atomic E-state index is 13.6. The van der Waals surface area contributed by atoms with Gasteiger partial charge in [-0.05, 0) is 63.0 Å². The Morgan fingerprint density at radius 3 is 2.31 bits per heavy atom. The van der Waals surface area contributed by atoms with Gasteiger partial charge in [0.15, 0.2) is 11.5 Å². The van der Waals surface area contributed by atoms with Gasteiger partial charge >= 0.3 is 0 Å². The summed E-state index contributed by atoms with van der Waals surface area (Å²) in [5.74, 6) is -1.40. The summed E-state index contributed by atoms with van der Waals surface area (Å²) in [5, 5.41) is 11.1. The van der Waals surface area contributed by atoms with Crippen LogP contribution < -0.4 is 9.47 Å². The second kappa shape index (κ2) is 9.82. The number of ketones is 1. The fraction of sp³-hybridized carbons (Fsp3) is 0.333. The van der Waals surface area contributed by atoms with Crippen LogP contribution in [-0.4, -0.2) is 68.0 Å². The number of amides is 1. The average Bonchev–Trinajstić information content (AvgIpc) is 3.03. The van der Waals surface area contributed by atoms with E-state index in [0.717, 1.165) is 6.54 Å². The first-order valence-electron chi connectivity index (χ1n) is 10.2. The highest BCUT2D eigenvalue weighted by molar-refractivity contribution is 6.46. The zero-order chi connectivity index (χ0) is 23.4. The third-order valence-corrected chi connectivity index (χ3v) is 5.39. The summed E-state index contributed by atoms with van der Waals surface area (Å²) in [4.78, 5) is 29.3. The summed E-state index contributed by atoms with van der Waals surface area (Å²) < 4.78 is 24.1. The molecule has 3 rings (SSSR count). The second-order valence-corrected chi connectivity index (χ2v) is 7.77. The minimum atomic E-state index is -0.828. The van der Waals surface area contributed by atoms with E-state index in [9.17, 15) is 19.1 Å². The van der Waals surface area contributed by atoms with Gasteiger partial charge in [0.1, 0.15) is 11.6 Å². The molecule has 0 unspecified atom stereocenters. The highest BCUT2D eigenvalue weighted by Crippen LogP contribution is 2.40. The van der Waals surface area contributed by atoms with Gasteiger partial charge in [-0.1, -0.05) is 12.1 Å². The molecule has 7 nitrogen and oxygen atoms in total. The number of aliphatic hydroxyl groups excluding tert-OH is 1. The molecule has 1 N–H and O–H groups in total. The van der Waals surface area contributed by atoms with Crippen molar-refractivity contribution in [3.05, 3.63) is 65.0 Å². The van der Waals surface area contributed by atoms with Gasteiger partial charge in [-0.15, -0.1) is 0 Å². The van der Waals surface area contributed by atoms with Gasteiger partial charge in [0, 0.05) is 12.1 Å². The third kappa shape index (κ3) is 4.60. The monoisotopic (exact) mass is 442 g/mol. The van der Waals surface area contributed by atoms with Crippen LogP contribution in [0.1, 0.15) is 23.6 Å². The van der Waals surface area contributed by atoms with Crippen molar-refractivity contribution in [3.8, 4) is 11.5 Å². The molecule has 2 aromatic rings. The summed E-state index contributed by atoms with van der Waals surface area (Å²) in [6.07, 6.45) is 0.633. The Morgan fingerprint density at radius 2 is 1.72 bits per heavy atom. The Hall–Kier alpha value is -3.39. The first-order valence-corrected chi connectivity index (χ1v) is 10.2. The molecule has 32 heavy (non-hydrogen) atoms. The van der Waals surface area contributed by atoms with Gasteiger partial charge in [0.05, 0.1) is 25.8 Å². The predicted octanol–water partition coefficient (Wildman–Crippen LogP) is 3.22. The number of aliphatic hydroxyl groups is 1. The van der Waals surface area contributed by atoms with Crippen LogP contribution >= 0.6 is 0 Å². The molecule has 1 heterocycles. The van der Waals surface area contributed by atoms with E-state index in [4.69, 9.17) is 9.47 Å². The van der Waals surface area contributed by atoms with Crippen LogP contribution in [0.25, 0.3) is 5.76 Å². The summed E-state index contributed by atoms with van der Waals surface area (Å²) in [6, 6.07) is 9.48. The van der Waals surface area contributed by atoms with Crippen LogP contribution in [0.5, 0.6) is 11.5 Å². The number of hydrogen-bond acceptors (Lipinski definition) is 6. The van der Waals surface area contributed by atoms with E-state index in [1.807, 2.05) is 19.0 Å². The molecule has 1 aliphatic rings. The van der Waals surface area contributed by atoms with Crippen molar-refractivity contribution in [1.29, 1.82) is 0 Å².